The van der Waals surface area contributed by atoms with E-state index in [-0.39, 0.29) is 12.6 Å². The number of carbonyl (C=O) groups excluding carboxylic acids is 1. The molecule has 2 aliphatic rings. The van der Waals surface area contributed by atoms with Gasteiger partial charge in [0.05, 0.1) is 5.92 Å². The molecule has 1 unspecified atom stereocenters. The summed E-state index contributed by atoms with van der Waals surface area (Å²) >= 11 is 0. The highest BCUT2D eigenvalue weighted by Gasteiger charge is 2.42. The lowest BCUT2D eigenvalue weighted by Crippen LogP contribution is -2.48. The first-order valence-corrected chi connectivity index (χ1v) is 7.31. The van der Waals surface area contributed by atoms with Crippen molar-refractivity contribution in [3.63, 3.8) is 0 Å². The number of hydrogen-bond donors (Lipinski definition) is 2. The van der Waals surface area contributed by atoms with Gasteiger partial charge in [-0.25, -0.2) is 4.79 Å². The molecule has 2 rings (SSSR count). The van der Waals surface area contributed by atoms with E-state index in [2.05, 4.69) is 5.32 Å². The van der Waals surface area contributed by atoms with E-state index < -0.39 is 11.9 Å². The maximum absolute atomic E-state index is 12.2. The molecule has 2 N–H and O–H groups in total. The number of carbonyl (C=O) groups is 2. The van der Waals surface area contributed by atoms with Crippen molar-refractivity contribution < 1.29 is 14.7 Å². The summed E-state index contributed by atoms with van der Waals surface area (Å²) in [6, 6.07) is 0.223. The molecule has 0 aromatic heterocycles. The zero-order valence-corrected chi connectivity index (χ0v) is 11.8. The molecule has 0 bridgehead atoms. The van der Waals surface area contributed by atoms with Gasteiger partial charge < -0.3 is 15.3 Å². The van der Waals surface area contributed by atoms with Crippen LogP contribution in [0.5, 0.6) is 0 Å². The van der Waals surface area contributed by atoms with Gasteiger partial charge in [-0.1, -0.05) is 6.92 Å². The molecule has 0 radical (unpaired) electrons. The van der Waals surface area contributed by atoms with Gasteiger partial charge in [0.25, 0.3) is 0 Å². The maximum atomic E-state index is 12.2. The highest BCUT2D eigenvalue weighted by Crippen LogP contribution is 2.44. The average Bonchev–Trinajstić information content (AvgIpc) is 3.25. The number of nitrogens with one attached hydrogen (secondary N) is 1. The van der Waals surface area contributed by atoms with Gasteiger partial charge in [0.2, 0.25) is 0 Å². The molecular weight excluding hydrogens is 244 g/mol. The number of amides is 2. The fourth-order valence-corrected chi connectivity index (χ4v) is 2.53. The number of carboxylic acid groups (broad SMARTS) is 1. The standard InChI is InChI=1S/C14H24N2O3/c1-3-16(8-9(2)13(17)18)14(19)15-12(10-4-5-10)11-6-7-11/h9-12H,3-8H2,1-2H3,(H,15,19)(H,17,18). The van der Waals surface area contributed by atoms with Gasteiger partial charge in [0, 0.05) is 19.1 Å². The number of urea groups is 1. The fraction of sp³-hybridized carbons (Fsp3) is 0.857. The van der Waals surface area contributed by atoms with Crippen molar-refractivity contribution >= 4 is 12.0 Å². The Bertz CT molecular complexity index is 339. The molecule has 2 fully saturated rings. The van der Waals surface area contributed by atoms with Gasteiger partial charge in [0.1, 0.15) is 0 Å². The SMILES string of the molecule is CCN(CC(C)C(=O)O)C(=O)NC(C1CC1)C1CC1. The van der Waals surface area contributed by atoms with Crippen LogP contribution in [0.3, 0.4) is 0 Å². The molecule has 19 heavy (non-hydrogen) atoms. The van der Waals surface area contributed by atoms with Crippen molar-refractivity contribution in [1.82, 2.24) is 10.2 Å². The Kier molecular flexibility index (Phi) is 4.32. The van der Waals surface area contributed by atoms with Gasteiger partial charge in [-0.2, -0.15) is 0 Å². The van der Waals surface area contributed by atoms with Crippen molar-refractivity contribution in [2.45, 2.75) is 45.6 Å². The molecule has 2 amide bonds. The van der Waals surface area contributed by atoms with E-state index in [1.807, 2.05) is 6.92 Å². The van der Waals surface area contributed by atoms with E-state index in [0.717, 1.165) is 0 Å². The summed E-state index contributed by atoms with van der Waals surface area (Å²) in [5.41, 5.74) is 0. The Balaban J connectivity index is 1.86. The molecule has 0 spiro atoms. The summed E-state index contributed by atoms with van der Waals surface area (Å²) in [6.07, 6.45) is 4.89. The quantitative estimate of drug-likeness (QED) is 0.741. The minimum Gasteiger partial charge on any atom is -0.481 e. The predicted octanol–water partition coefficient (Wildman–Crippen LogP) is 1.93. The molecule has 0 heterocycles. The van der Waals surface area contributed by atoms with Gasteiger partial charge >= 0.3 is 12.0 Å². The molecule has 1 atom stereocenters. The third kappa shape index (κ3) is 3.85. The molecule has 0 aromatic carbocycles. The van der Waals surface area contributed by atoms with Crippen molar-refractivity contribution in [1.29, 1.82) is 0 Å². The number of hydrogen-bond acceptors (Lipinski definition) is 2. The van der Waals surface area contributed by atoms with Gasteiger partial charge in [-0.05, 0) is 44.4 Å². The van der Waals surface area contributed by atoms with Crippen LogP contribution >= 0.6 is 0 Å². The topological polar surface area (TPSA) is 69.6 Å². The Hall–Kier alpha value is -1.26. The van der Waals surface area contributed by atoms with E-state index in [1.54, 1.807) is 11.8 Å². The second-order valence-electron chi connectivity index (χ2n) is 5.93. The minimum absolute atomic E-state index is 0.0978. The smallest absolute Gasteiger partial charge is 0.317 e. The molecule has 5 heteroatoms. The minimum atomic E-state index is -0.854. The zero-order valence-electron chi connectivity index (χ0n) is 11.8. The molecule has 0 aliphatic heterocycles. The Morgan fingerprint density at radius 2 is 1.79 bits per heavy atom. The lowest BCUT2D eigenvalue weighted by molar-refractivity contribution is -0.141. The van der Waals surface area contributed by atoms with Crippen molar-refractivity contribution in [3.05, 3.63) is 0 Å². The first-order chi connectivity index (χ1) is 9.02. The molecule has 0 aromatic rings. The van der Waals surface area contributed by atoms with E-state index >= 15 is 0 Å². The highest BCUT2D eigenvalue weighted by atomic mass is 16.4. The van der Waals surface area contributed by atoms with Crippen molar-refractivity contribution in [2.24, 2.45) is 17.8 Å². The third-order valence-electron chi connectivity index (χ3n) is 4.13. The van der Waals surface area contributed by atoms with Crippen LogP contribution in [0.2, 0.25) is 0 Å². The normalized spacial score (nSPS) is 20.2. The van der Waals surface area contributed by atoms with Crippen LogP contribution in [-0.2, 0) is 4.79 Å². The third-order valence-corrected chi connectivity index (χ3v) is 4.13. The molecular formula is C14H24N2O3. The Morgan fingerprint density at radius 3 is 2.16 bits per heavy atom. The second kappa shape index (κ2) is 5.80. The molecule has 2 aliphatic carbocycles. The van der Waals surface area contributed by atoms with Crippen LogP contribution in [0.15, 0.2) is 0 Å². The monoisotopic (exact) mass is 268 g/mol. The average molecular weight is 268 g/mol. The van der Waals surface area contributed by atoms with Crippen LogP contribution in [0, 0.1) is 17.8 Å². The van der Waals surface area contributed by atoms with Crippen LogP contribution in [-0.4, -0.2) is 41.1 Å². The highest BCUT2D eigenvalue weighted by molar-refractivity contribution is 5.76. The van der Waals surface area contributed by atoms with Gasteiger partial charge in [-0.3, -0.25) is 4.79 Å². The summed E-state index contributed by atoms with van der Waals surface area (Å²) in [7, 11) is 0. The molecule has 0 saturated heterocycles. The van der Waals surface area contributed by atoms with Crippen LogP contribution < -0.4 is 5.32 Å². The first-order valence-electron chi connectivity index (χ1n) is 7.31. The number of carboxylic acids is 1. The van der Waals surface area contributed by atoms with E-state index in [1.165, 1.54) is 25.7 Å². The fourth-order valence-electron chi connectivity index (χ4n) is 2.53. The number of aliphatic carboxylic acids is 1. The summed E-state index contributed by atoms with van der Waals surface area (Å²) in [4.78, 5) is 24.7. The van der Waals surface area contributed by atoms with Crippen LogP contribution in [0.4, 0.5) is 4.79 Å². The number of rotatable bonds is 7. The molecule has 2 saturated carbocycles. The number of nitrogens with zero attached hydrogens (tertiary/aromatic N) is 1. The summed E-state index contributed by atoms with van der Waals surface area (Å²) in [5, 5.41) is 12.1. The predicted molar refractivity (Wildman–Crippen MR) is 71.8 cm³/mol. The van der Waals surface area contributed by atoms with Crippen LogP contribution in [0.25, 0.3) is 0 Å². The first kappa shape index (κ1) is 14.2. The van der Waals surface area contributed by atoms with Crippen LogP contribution in [0.1, 0.15) is 39.5 Å². The van der Waals surface area contributed by atoms with Gasteiger partial charge in [0.15, 0.2) is 0 Å². The molecule has 108 valence electrons. The van der Waals surface area contributed by atoms with Gasteiger partial charge in [-0.15, -0.1) is 0 Å². The van der Waals surface area contributed by atoms with Crippen molar-refractivity contribution in [2.75, 3.05) is 13.1 Å². The zero-order chi connectivity index (χ0) is 14.0. The second-order valence-corrected chi connectivity index (χ2v) is 5.93. The van der Waals surface area contributed by atoms with Crippen molar-refractivity contribution in [3.8, 4) is 0 Å². The van der Waals surface area contributed by atoms with E-state index in [4.69, 9.17) is 5.11 Å². The molecule has 5 nitrogen and oxygen atoms in total. The lowest BCUT2D eigenvalue weighted by atomic mass is 10.1. The lowest BCUT2D eigenvalue weighted by Gasteiger charge is -2.27. The largest absolute Gasteiger partial charge is 0.481 e. The summed E-state index contributed by atoms with van der Waals surface area (Å²) in [5.74, 6) is -0.0581. The van der Waals surface area contributed by atoms with E-state index in [0.29, 0.717) is 24.4 Å². The Morgan fingerprint density at radius 1 is 1.26 bits per heavy atom. The maximum Gasteiger partial charge on any atom is 0.317 e. The summed E-state index contributed by atoms with van der Waals surface area (Å²) in [6.45, 7) is 4.35. The summed E-state index contributed by atoms with van der Waals surface area (Å²) < 4.78 is 0. The van der Waals surface area contributed by atoms with E-state index in [9.17, 15) is 9.59 Å². The Labute approximate surface area is 114 Å².